The molecule has 1 aliphatic carbocycles. The summed E-state index contributed by atoms with van der Waals surface area (Å²) in [6, 6.07) is 3.95. The molecule has 0 aliphatic heterocycles. The van der Waals surface area contributed by atoms with Crippen LogP contribution >= 0.6 is 11.6 Å². The lowest BCUT2D eigenvalue weighted by Gasteiger charge is -2.37. The smallest absolute Gasteiger partial charge is 0.388 e. The number of nitrogens with zero attached hydrogens (tertiary/aromatic N) is 2. The van der Waals surface area contributed by atoms with E-state index in [0.717, 1.165) is 7.05 Å². The molecule has 1 aliphatic rings. The number of amidine groups is 1. The van der Waals surface area contributed by atoms with E-state index < -0.39 is 36.2 Å². The van der Waals surface area contributed by atoms with Gasteiger partial charge in [0.05, 0.1) is 11.4 Å². The number of carbonyl (C=O) groups is 1. The van der Waals surface area contributed by atoms with Crippen LogP contribution in [-0.4, -0.2) is 67.6 Å². The van der Waals surface area contributed by atoms with Crippen LogP contribution in [0.1, 0.15) is 29.3 Å². The van der Waals surface area contributed by atoms with E-state index in [0.29, 0.717) is 35.0 Å². The Morgan fingerprint density at radius 3 is 2.57 bits per heavy atom. The molecule has 1 fully saturated rings. The van der Waals surface area contributed by atoms with Crippen LogP contribution < -0.4 is 10.6 Å². The van der Waals surface area contributed by atoms with Crippen LogP contribution in [0.3, 0.4) is 0 Å². The van der Waals surface area contributed by atoms with Crippen molar-refractivity contribution in [1.29, 1.82) is 0 Å². The third-order valence-corrected chi connectivity index (χ3v) is 4.82. The minimum Gasteiger partial charge on any atom is -0.388 e. The number of anilines is 1. The maximum absolute atomic E-state index is 13.9. The van der Waals surface area contributed by atoms with Crippen LogP contribution in [-0.2, 0) is 0 Å². The Bertz CT molecular complexity index is 741. The van der Waals surface area contributed by atoms with E-state index >= 15 is 0 Å². The molecule has 1 amide bonds. The van der Waals surface area contributed by atoms with Gasteiger partial charge in [-0.3, -0.25) is 9.79 Å². The monoisotopic (exact) mass is 422 g/mol. The quantitative estimate of drug-likeness (QED) is 0.319. The van der Waals surface area contributed by atoms with Crippen LogP contribution in [0.4, 0.5) is 23.2 Å². The highest BCUT2D eigenvalue weighted by Crippen LogP contribution is 2.30. The molecule has 28 heavy (non-hydrogen) atoms. The fourth-order valence-corrected chi connectivity index (χ4v) is 3.26. The van der Waals surface area contributed by atoms with E-state index in [-0.39, 0.29) is 5.56 Å². The molecule has 2 rings (SSSR count). The van der Waals surface area contributed by atoms with Crippen molar-refractivity contribution in [3.63, 3.8) is 0 Å². The topological polar surface area (TPSA) is 56.7 Å². The van der Waals surface area contributed by atoms with Gasteiger partial charge in [0, 0.05) is 37.5 Å². The first kappa shape index (κ1) is 22.3. The Morgan fingerprint density at radius 2 is 2.07 bits per heavy atom. The number of rotatable bonds is 6. The van der Waals surface area contributed by atoms with Crippen molar-refractivity contribution in [3.8, 4) is 0 Å². The number of carbonyl (C=O) groups excluding carboxylic acids is 1. The van der Waals surface area contributed by atoms with Gasteiger partial charge in [-0.25, -0.2) is 4.39 Å². The predicted molar refractivity (Wildman–Crippen MR) is 102 cm³/mol. The highest BCUT2D eigenvalue weighted by atomic mass is 35.5. The zero-order chi connectivity index (χ0) is 21.1. The van der Waals surface area contributed by atoms with Gasteiger partial charge in [-0.15, -0.1) is 11.6 Å². The summed E-state index contributed by atoms with van der Waals surface area (Å²) in [6.07, 6.45) is -5.30. The number of alkyl halides is 5. The Hall–Kier alpha value is -2.03. The summed E-state index contributed by atoms with van der Waals surface area (Å²) in [7, 11) is 2.75. The molecule has 2 N–H and O–H groups in total. The second-order valence-electron chi connectivity index (χ2n) is 6.56. The highest BCUT2D eigenvalue weighted by Gasteiger charge is 2.41. The average Bonchev–Trinajstić information content (AvgIpc) is 2.64. The van der Waals surface area contributed by atoms with Gasteiger partial charge < -0.3 is 15.5 Å². The van der Waals surface area contributed by atoms with E-state index in [9.17, 15) is 22.4 Å². The van der Waals surface area contributed by atoms with Crippen molar-refractivity contribution in [2.24, 2.45) is 4.99 Å². The molecular formula is C18H23ClF4N4O. The minimum atomic E-state index is -4.49. The van der Waals surface area contributed by atoms with Gasteiger partial charge >= 0.3 is 6.18 Å². The molecule has 0 aromatic heterocycles. The van der Waals surface area contributed by atoms with E-state index in [2.05, 4.69) is 15.6 Å². The molecule has 0 spiro atoms. The predicted octanol–water partition coefficient (Wildman–Crippen LogP) is 3.44. The van der Waals surface area contributed by atoms with Crippen LogP contribution in [0.2, 0.25) is 0 Å². The van der Waals surface area contributed by atoms with Crippen LogP contribution in [0.15, 0.2) is 23.2 Å². The van der Waals surface area contributed by atoms with Crippen molar-refractivity contribution >= 4 is 29.0 Å². The van der Waals surface area contributed by atoms with E-state index in [4.69, 9.17) is 11.6 Å². The Kier molecular flexibility index (Phi) is 7.14. The molecule has 3 atom stereocenters. The van der Waals surface area contributed by atoms with E-state index in [1.807, 2.05) is 0 Å². The summed E-state index contributed by atoms with van der Waals surface area (Å²) >= 11 is 5.80. The third-order valence-electron chi connectivity index (χ3n) is 4.40. The van der Waals surface area contributed by atoms with E-state index in [1.54, 1.807) is 20.0 Å². The van der Waals surface area contributed by atoms with Gasteiger partial charge in [-0.2, -0.15) is 13.2 Å². The lowest BCUT2D eigenvalue weighted by molar-refractivity contribution is -0.138. The maximum Gasteiger partial charge on any atom is 0.406 e. The summed E-state index contributed by atoms with van der Waals surface area (Å²) < 4.78 is 51.7. The fourth-order valence-electron chi connectivity index (χ4n) is 2.89. The fraction of sp³-hybridized carbons (Fsp3) is 0.556. The largest absolute Gasteiger partial charge is 0.406 e. The molecule has 2 unspecified atom stereocenters. The summed E-state index contributed by atoms with van der Waals surface area (Å²) in [4.78, 5) is 17.3. The van der Waals surface area contributed by atoms with Gasteiger partial charge in [0.25, 0.3) is 5.91 Å². The van der Waals surface area contributed by atoms with Gasteiger partial charge in [0.15, 0.2) is 0 Å². The maximum atomic E-state index is 13.9. The summed E-state index contributed by atoms with van der Waals surface area (Å²) in [6.45, 7) is 0.836. The number of hydrogen-bond donors (Lipinski definition) is 2. The molecule has 156 valence electrons. The molecule has 0 bridgehead atoms. The standard InChI is InChI=1S/C18H23ClF4N4O/c1-4-25-16(26-14-8-12(19)15(14)20)11-7-10(5-6-13(11)24-2)17(28)27(3)9-18(21,22)23/h5-7,12,14-15,24H,4,8-9H2,1-3H3,(H,25,26)/t12?,14?,15-/m1/s1. The SMILES string of the molecule is CC/N=C(/NC1CC(Cl)[C@H]1F)c1cc(C(=O)N(C)CC(F)(F)F)ccc1NC. The van der Waals surface area contributed by atoms with Gasteiger partial charge in [0.2, 0.25) is 0 Å². The van der Waals surface area contributed by atoms with Crippen molar-refractivity contribution in [3.05, 3.63) is 29.3 Å². The van der Waals surface area contributed by atoms with Crippen LogP contribution in [0, 0.1) is 0 Å². The zero-order valence-electron chi connectivity index (χ0n) is 15.8. The first-order valence-corrected chi connectivity index (χ1v) is 9.24. The molecule has 5 nitrogen and oxygen atoms in total. The second kappa shape index (κ2) is 8.98. The van der Waals surface area contributed by atoms with Crippen LogP contribution in [0.5, 0.6) is 0 Å². The van der Waals surface area contributed by atoms with Crippen LogP contribution in [0.25, 0.3) is 0 Å². The normalized spacial score (nSPS) is 22.4. The lowest BCUT2D eigenvalue weighted by Crippen LogP contribution is -2.55. The summed E-state index contributed by atoms with van der Waals surface area (Å²) in [5.41, 5.74) is 1.15. The van der Waals surface area contributed by atoms with Crippen molar-refractivity contribution in [2.45, 2.75) is 37.1 Å². The Morgan fingerprint density at radius 1 is 1.39 bits per heavy atom. The Labute approximate surface area is 166 Å². The molecular weight excluding hydrogens is 400 g/mol. The third kappa shape index (κ3) is 5.27. The lowest BCUT2D eigenvalue weighted by atomic mass is 9.89. The molecule has 10 heteroatoms. The van der Waals surface area contributed by atoms with Crippen molar-refractivity contribution in [1.82, 2.24) is 10.2 Å². The summed E-state index contributed by atoms with van der Waals surface area (Å²) in [5.74, 6) is -0.416. The zero-order valence-corrected chi connectivity index (χ0v) is 16.5. The van der Waals surface area contributed by atoms with Gasteiger partial charge in [-0.1, -0.05) is 0 Å². The number of amides is 1. The highest BCUT2D eigenvalue weighted by molar-refractivity contribution is 6.22. The van der Waals surface area contributed by atoms with Crippen molar-refractivity contribution in [2.75, 3.05) is 32.5 Å². The minimum absolute atomic E-state index is 0.0759. The van der Waals surface area contributed by atoms with Gasteiger partial charge in [0.1, 0.15) is 18.6 Å². The molecule has 1 saturated carbocycles. The van der Waals surface area contributed by atoms with Gasteiger partial charge in [-0.05, 0) is 31.5 Å². The molecule has 0 heterocycles. The number of benzene rings is 1. The van der Waals surface area contributed by atoms with E-state index in [1.165, 1.54) is 12.1 Å². The number of nitrogens with one attached hydrogen (secondary N) is 2. The molecule has 0 saturated heterocycles. The first-order valence-electron chi connectivity index (χ1n) is 8.80. The Balaban J connectivity index is 2.32. The summed E-state index contributed by atoms with van der Waals surface area (Å²) in [5, 5.41) is 5.39. The second-order valence-corrected chi connectivity index (χ2v) is 7.12. The van der Waals surface area contributed by atoms with Crippen molar-refractivity contribution < 1.29 is 22.4 Å². The molecule has 1 aromatic rings. The molecule has 0 radical (unpaired) electrons. The first-order chi connectivity index (χ1) is 13.1. The number of hydrogen-bond acceptors (Lipinski definition) is 3. The molecule has 1 aromatic carbocycles. The number of halogens is 5. The average molecular weight is 423 g/mol. The number of aliphatic imine (C=N–C) groups is 1.